The van der Waals surface area contributed by atoms with Gasteiger partial charge in [-0.3, -0.25) is 4.79 Å². The SMILES string of the molecule is O=C(NC[C@@]1(O)CCCc2ccccc21)c1ccco1. The molecule has 0 spiro atoms. The molecule has 1 atom stereocenters. The highest BCUT2D eigenvalue weighted by molar-refractivity contribution is 5.91. The Balaban J connectivity index is 1.76. The third-order valence-electron chi connectivity index (χ3n) is 3.84. The number of rotatable bonds is 3. The Bertz CT molecular complexity index is 606. The summed E-state index contributed by atoms with van der Waals surface area (Å²) in [5.41, 5.74) is 1.09. The Hall–Kier alpha value is -2.07. The Morgan fingerprint density at radius 1 is 1.30 bits per heavy atom. The molecule has 0 radical (unpaired) electrons. The van der Waals surface area contributed by atoms with Gasteiger partial charge in [0.1, 0.15) is 5.60 Å². The molecule has 1 aromatic carbocycles. The van der Waals surface area contributed by atoms with Crippen LogP contribution in [0, 0.1) is 0 Å². The maximum atomic E-state index is 11.9. The minimum atomic E-state index is -0.989. The van der Waals surface area contributed by atoms with Crippen molar-refractivity contribution in [3.05, 3.63) is 59.5 Å². The van der Waals surface area contributed by atoms with Gasteiger partial charge in [0.2, 0.25) is 0 Å². The maximum absolute atomic E-state index is 11.9. The van der Waals surface area contributed by atoms with E-state index in [9.17, 15) is 9.90 Å². The normalized spacial score (nSPS) is 21.2. The number of fused-ring (bicyclic) bond motifs is 1. The van der Waals surface area contributed by atoms with Gasteiger partial charge >= 0.3 is 0 Å². The molecule has 0 saturated carbocycles. The monoisotopic (exact) mass is 271 g/mol. The summed E-state index contributed by atoms with van der Waals surface area (Å²) < 4.78 is 5.04. The number of hydrogen-bond acceptors (Lipinski definition) is 3. The summed E-state index contributed by atoms with van der Waals surface area (Å²) in [5.74, 6) is -0.0378. The molecule has 3 rings (SSSR count). The average Bonchev–Trinajstić information content (AvgIpc) is 3.00. The number of furan rings is 1. The quantitative estimate of drug-likeness (QED) is 0.900. The topological polar surface area (TPSA) is 62.5 Å². The molecule has 4 heteroatoms. The molecule has 2 N–H and O–H groups in total. The van der Waals surface area contributed by atoms with E-state index in [2.05, 4.69) is 5.32 Å². The van der Waals surface area contributed by atoms with Crippen LogP contribution in [0.3, 0.4) is 0 Å². The predicted molar refractivity (Wildman–Crippen MR) is 74.3 cm³/mol. The second kappa shape index (κ2) is 5.13. The molecular formula is C16H17NO3. The molecule has 1 aromatic heterocycles. The van der Waals surface area contributed by atoms with Gasteiger partial charge in [0, 0.05) is 0 Å². The second-order valence-corrected chi connectivity index (χ2v) is 5.20. The minimum absolute atomic E-state index is 0.198. The molecule has 0 fully saturated rings. The van der Waals surface area contributed by atoms with Crippen LogP contribution in [0.5, 0.6) is 0 Å². The highest BCUT2D eigenvalue weighted by atomic mass is 16.3. The summed E-state index contributed by atoms with van der Waals surface area (Å²) in [6.45, 7) is 0.198. The molecule has 1 aliphatic carbocycles. The number of carbonyl (C=O) groups excluding carboxylic acids is 1. The molecule has 1 heterocycles. The van der Waals surface area contributed by atoms with Crippen LogP contribution in [0.1, 0.15) is 34.5 Å². The van der Waals surface area contributed by atoms with E-state index in [1.54, 1.807) is 12.1 Å². The van der Waals surface area contributed by atoms with Gasteiger partial charge in [0.05, 0.1) is 12.8 Å². The van der Waals surface area contributed by atoms with E-state index >= 15 is 0 Å². The molecule has 4 nitrogen and oxygen atoms in total. The van der Waals surface area contributed by atoms with Crippen LogP contribution in [0.4, 0.5) is 0 Å². The number of carbonyl (C=O) groups is 1. The van der Waals surface area contributed by atoms with Crippen LogP contribution in [-0.2, 0) is 12.0 Å². The van der Waals surface area contributed by atoms with Crippen LogP contribution in [0.2, 0.25) is 0 Å². The Morgan fingerprint density at radius 3 is 2.95 bits per heavy atom. The average molecular weight is 271 g/mol. The largest absolute Gasteiger partial charge is 0.459 e. The molecule has 2 aromatic rings. The minimum Gasteiger partial charge on any atom is -0.459 e. The number of aliphatic hydroxyl groups is 1. The fraction of sp³-hybridized carbons (Fsp3) is 0.312. The lowest BCUT2D eigenvalue weighted by atomic mass is 9.79. The van der Waals surface area contributed by atoms with E-state index in [-0.39, 0.29) is 18.2 Å². The lowest BCUT2D eigenvalue weighted by molar-refractivity contribution is 0.0186. The third-order valence-corrected chi connectivity index (χ3v) is 3.84. The molecular weight excluding hydrogens is 254 g/mol. The lowest BCUT2D eigenvalue weighted by Crippen LogP contribution is -2.42. The first kappa shape index (κ1) is 12.9. The number of benzene rings is 1. The number of hydrogen-bond donors (Lipinski definition) is 2. The van der Waals surface area contributed by atoms with Crippen LogP contribution in [0.25, 0.3) is 0 Å². The molecule has 20 heavy (non-hydrogen) atoms. The maximum Gasteiger partial charge on any atom is 0.287 e. The van der Waals surface area contributed by atoms with E-state index in [0.29, 0.717) is 6.42 Å². The zero-order valence-electron chi connectivity index (χ0n) is 11.1. The molecule has 104 valence electrons. The van der Waals surface area contributed by atoms with Gasteiger partial charge < -0.3 is 14.8 Å². The summed E-state index contributed by atoms with van der Waals surface area (Å²) in [5, 5.41) is 13.6. The van der Waals surface area contributed by atoms with Crippen LogP contribution < -0.4 is 5.32 Å². The predicted octanol–water partition coefficient (Wildman–Crippen LogP) is 2.23. The number of aryl methyl sites for hydroxylation is 1. The Labute approximate surface area is 117 Å². The van der Waals surface area contributed by atoms with Crippen molar-refractivity contribution in [2.75, 3.05) is 6.54 Å². The zero-order chi connectivity index (χ0) is 14.0. The van der Waals surface area contributed by atoms with Crippen molar-refractivity contribution in [2.45, 2.75) is 24.9 Å². The van der Waals surface area contributed by atoms with Gasteiger partial charge in [0.15, 0.2) is 5.76 Å². The van der Waals surface area contributed by atoms with Gasteiger partial charge in [0.25, 0.3) is 5.91 Å². The van der Waals surface area contributed by atoms with E-state index in [4.69, 9.17) is 4.42 Å². The summed E-state index contributed by atoms with van der Waals surface area (Å²) in [4.78, 5) is 11.9. The molecule has 0 saturated heterocycles. The van der Waals surface area contributed by atoms with E-state index < -0.39 is 5.60 Å². The van der Waals surface area contributed by atoms with Crippen LogP contribution in [0.15, 0.2) is 47.1 Å². The third kappa shape index (κ3) is 2.34. The standard InChI is InChI=1S/C16H17NO3/c18-15(14-8-4-10-20-14)17-11-16(19)9-3-6-12-5-1-2-7-13(12)16/h1-2,4-5,7-8,10,19H,3,6,9,11H2,(H,17,18)/t16-/m0/s1. The van der Waals surface area contributed by atoms with E-state index in [0.717, 1.165) is 24.0 Å². The molecule has 1 amide bonds. The van der Waals surface area contributed by atoms with Crippen molar-refractivity contribution < 1.29 is 14.3 Å². The van der Waals surface area contributed by atoms with Crippen molar-refractivity contribution >= 4 is 5.91 Å². The van der Waals surface area contributed by atoms with Gasteiger partial charge in [-0.15, -0.1) is 0 Å². The van der Waals surface area contributed by atoms with Crippen molar-refractivity contribution in [3.63, 3.8) is 0 Å². The number of nitrogens with one attached hydrogen (secondary N) is 1. The fourth-order valence-corrected chi connectivity index (χ4v) is 2.80. The van der Waals surface area contributed by atoms with Crippen molar-refractivity contribution in [1.82, 2.24) is 5.32 Å². The second-order valence-electron chi connectivity index (χ2n) is 5.20. The van der Waals surface area contributed by atoms with E-state index in [1.807, 2.05) is 24.3 Å². The van der Waals surface area contributed by atoms with Crippen molar-refractivity contribution in [3.8, 4) is 0 Å². The smallest absolute Gasteiger partial charge is 0.287 e. The molecule has 0 unspecified atom stereocenters. The van der Waals surface area contributed by atoms with Crippen LogP contribution in [-0.4, -0.2) is 17.6 Å². The van der Waals surface area contributed by atoms with Gasteiger partial charge in [-0.25, -0.2) is 0 Å². The van der Waals surface area contributed by atoms with Crippen LogP contribution >= 0.6 is 0 Å². The summed E-state index contributed by atoms with van der Waals surface area (Å²) in [6, 6.07) is 11.1. The van der Waals surface area contributed by atoms with Gasteiger partial charge in [-0.2, -0.15) is 0 Å². The summed E-state index contributed by atoms with van der Waals surface area (Å²) in [6.07, 6.45) is 4.01. The molecule has 1 aliphatic rings. The Morgan fingerprint density at radius 2 is 2.15 bits per heavy atom. The lowest BCUT2D eigenvalue weighted by Gasteiger charge is -2.34. The first-order chi connectivity index (χ1) is 9.69. The number of amides is 1. The van der Waals surface area contributed by atoms with E-state index in [1.165, 1.54) is 6.26 Å². The highest BCUT2D eigenvalue weighted by Gasteiger charge is 2.34. The van der Waals surface area contributed by atoms with Crippen molar-refractivity contribution in [1.29, 1.82) is 0 Å². The molecule has 0 aliphatic heterocycles. The highest BCUT2D eigenvalue weighted by Crippen LogP contribution is 2.34. The van der Waals surface area contributed by atoms with Crippen molar-refractivity contribution in [2.24, 2.45) is 0 Å². The summed E-state index contributed by atoms with van der Waals surface area (Å²) in [7, 11) is 0. The first-order valence-corrected chi connectivity index (χ1v) is 6.81. The Kier molecular flexibility index (Phi) is 3.32. The zero-order valence-corrected chi connectivity index (χ0v) is 11.1. The summed E-state index contributed by atoms with van der Waals surface area (Å²) >= 11 is 0. The first-order valence-electron chi connectivity index (χ1n) is 6.81. The van der Waals surface area contributed by atoms with Gasteiger partial charge in [-0.1, -0.05) is 24.3 Å². The fourth-order valence-electron chi connectivity index (χ4n) is 2.80. The van der Waals surface area contributed by atoms with Gasteiger partial charge in [-0.05, 0) is 42.5 Å². The molecule has 0 bridgehead atoms.